The van der Waals surface area contributed by atoms with Gasteiger partial charge in [0, 0.05) is 43.6 Å². The first kappa shape index (κ1) is 24.7. The van der Waals surface area contributed by atoms with Gasteiger partial charge in [-0.3, -0.25) is 4.90 Å². The van der Waals surface area contributed by atoms with Gasteiger partial charge in [-0.15, -0.1) is 35.1 Å². The summed E-state index contributed by atoms with van der Waals surface area (Å²) >= 11 is 2.83. The number of hydrogen-bond donors (Lipinski definition) is 1. The molecule has 2 N–H and O–H groups in total. The van der Waals surface area contributed by atoms with Crippen LogP contribution >= 0.6 is 35.1 Å². The highest BCUT2D eigenvalue weighted by Gasteiger charge is 2.20. The van der Waals surface area contributed by atoms with Crippen LogP contribution in [0.2, 0.25) is 0 Å². The number of sulfonamides is 1. The topological polar surface area (TPSA) is 91.1 Å². The number of ether oxygens (including phenoxy) is 3. The maximum Gasteiger partial charge on any atom is 0.247 e. The fourth-order valence-corrected chi connectivity index (χ4v) is 5.94. The Morgan fingerprint density at radius 3 is 2.33 bits per heavy atom. The summed E-state index contributed by atoms with van der Waals surface area (Å²) in [6.45, 7) is 6.13. The van der Waals surface area contributed by atoms with Gasteiger partial charge in [0.25, 0.3) is 0 Å². The average molecular weight is 459 g/mol. The van der Waals surface area contributed by atoms with Gasteiger partial charge < -0.3 is 14.2 Å². The van der Waals surface area contributed by atoms with Crippen molar-refractivity contribution in [1.29, 1.82) is 0 Å². The number of hydrogen-bond acceptors (Lipinski definition) is 8. The Morgan fingerprint density at radius 1 is 1.07 bits per heavy atom. The molecule has 0 bridgehead atoms. The molecule has 0 radical (unpaired) electrons. The number of primary sulfonamides is 1. The van der Waals surface area contributed by atoms with Crippen molar-refractivity contribution in [2.75, 3.05) is 53.7 Å². The molecule has 0 aliphatic rings. The van der Waals surface area contributed by atoms with E-state index < -0.39 is 10.0 Å². The fraction of sp³-hybridized carbons (Fsp3) is 0.625. The monoisotopic (exact) mass is 458 g/mol. The van der Waals surface area contributed by atoms with Gasteiger partial charge in [0.05, 0.1) is 30.4 Å². The SMILES string of the molecule is COCCOCCN(CCOC)C(C)c1cc2cc(S(N)(=O)=O)sc2s1.Cl. The number of halogens is 1. The smallest absolute Gasteiger partial charge is 0.247 e. The molecule has 0 fully saturated rings. The largest absolute Gasteiger partial charge is 0.383 e. The zero-order chi connectivity index (χ0) is 19.2. The molecule has 0 spiro atoms. The van der Waals surface area contributed by atoms with E-state index in [0.717, 1.165) is 22.5 Å². The van der Waals surface area contributed by atoms with Crippen molar-refractivity contribution in [2.24, 2.45) is 5.14 Å². The summed E-state index contributed by atoms with van der Waals surface area (Å²) in [7, 11) is -0.303. The molecule has 1 atom stereocenters. The van der Waals surface area contributed by atoms with Crippen LogP contribution in [0.3, 0.4) is 0 Å². The number of rotatable bonds is 12. The fourth-order valence-electron chi connectivity index (χ4n) is 2.50. The molecule has 11 heteroatoms. The summed E-state index contributed by atoms with van der Waals surface area (Å²) in [6, 6.07) is 3.87. The molecular weight excluding hydrogens is 432 g/mol. The summed E-state index contributed by atoms with van der Waals surface area (Å²) in [6.07, 6.45) is 0. The van der Waals surface area contributed by atoms with Gasteiger partial charge in [0.15, 0.2) is 0 Å². The minimum Gasteiger partial charge on any atom is -0.383 e. The average Bonchev–Trinajstić information content (AvgIpc) is 3.15. The van der Waals surface area contributed by atoms with E-state index in [-0.39, 0.29) is 22.7 Å². The molecule has 7 nitrogen and oxygen atoms in total. The van der Waals surface area contributed by atoms with E-state index in [4.69, 9.17) is 19.3 Å². The zero-order valence-electron chi connectivity index (χ0n) is 15.7. The Labute approximate surface area is 174 Å². The van der Waals surface area contributed by atoms with Crippen molar-refractivity contribution in [3.8, 4) is 0 Å². The van der Waals surface area contributed by atoms with Crippen molar-refractivity contribution in [2.45, 2.75) is 17.2 Å². The molecule has 27 heavy (non-hydrogen) atoms. The molecule has 2 aromatic rings. The van der Waals surface area contributed by atoms with Crippen LogP contribution in [0.25, 0.3) is 9.40 Å². The zero-order valence-corrected chi connectivity index (χ0v) is 18.9. The first-order valence-electron chi connectivity index (χ1n) is 8.22. The molecule has 156 valence electrons. The summed E-state index contributed by atoms with van der Waals surface area (Å²) in [5.41, 5.74) is 0. The Balaban J connectivity index is 0.00000364. The van der Waals surface area contributed by atoms with Gasteiger partial charge in [-0.25, -0.2) is 13.6 Å². The number of fused-ring (bicyclic) bond motifs is 1. The Morgan fingerprint density at radius 2 is 1.74 bits per heavy atom. The van der Waals surface area contributed by atoms with E-state index in [0.29, 0.717) is 26.4 Å². The van der Waals surface area contributed by atoms with Crippen LogP contribution in [-0.2, 0) is 24.2 Å². The van der Waals surface area contributed by atoms with Gasteiger partial charge in [-0.2, -0.15) is 0 Å². The number of methoxy groups -OCH3 is 2. The summed E-state index contributed by atoms with van der Waals surface area (Å²) < 4.78 is 39.9. The predicted octanol–water partition coefficient (Wildman–Crippen LogP) is 2.70. The van der Waals surface area contributed by atoms with Crippen LogP contribution in [0.5, 0.6) is 0 Å². The molecule has 0 aliphatic carbocycles. The van der Waals surface area contributed by atoms with Crippen molar-refractivity contribution in [3.63, 3.8) is 0 Å². The third-order valence-electron chi connectivity index (χ3n) is 3.99. The van der Waals surface area contributed by atoms with E-state index in [1.807, 2.05) is 6.07 Å². The molecule has 0 saturated heterocycles. The summed E-state index contributed by atoms with van der Waals surface area (Å²) in [5, 5.41) is 6.14. The third kappa shape index (κ3) is 7.22. The second kappa shape index (κ2) is 11.6. The lowest BCUT2D eigenvalue weighted by molar-refractivity contribution is 0.0441. The maximum atomic E-state index is 11.5. The Hall–Kier alpha value is -0.300. The molecule has 0 amide bonds. The Kier molecular flexibility index (Phi) is 10.7. The molecule has 2 aromatic heterocycles. The second-order valence-electron chi connectivity index (χ2n) is 5.81. The standard InChI is InChI=1S/C16H26N2O5S3.ClH/c1-12(18(4-6-21-2)5-7-23-9-8-22-3)14-10-13-11-15(26(17,19)20)25-16(13)24-14;/h10-12H,4-9H2,1-3H3,(H2,17,19,20);1H. The lowest BCUT2D eigenvalue weighted by Gasteiger charge is -2.28. The van der Waals surface area contributed by atoms with Gasteiger partial charge in [0.2, 0.25) is 10.0 Å². The van der Waals surface area contributed by atoms with Crippen LogP contribution < -0.4 is 5.14 Å². The van der Waals surface area contributed by atoms with Crippen molar-refractivity contribution >= 4 is 54.5 Å². The van der Waals surface area contributed by atoms with E-state index in [9.17, 15) is 8.42 Å². The highest BCUT2D eigenvalue weighted by molar-refractivity contribution is 7.91. The van der Waals surface area contributed by atoms with E-state index >= 15 is 0 Å². The van der Waals surface area contributed by atoms with E-state index in [1.54, 1.807) is 31.6 Å². The number of nitrogens with zero attached hydrogens (tertiary/aromatic N) is 1. The van der Waals surface area contributed by atoms with Gasteiger partial charge in [0.1, 0.15) is 4.21 Å². The van der Waals surface area contributed by atoms with Crippen LogP contribution in [0.4, 0.5) is 0 Å². The minimum atomic E-state index is -3.64. The van der Waals surface area contributed by atoms with Crippen LogP contribution in [-0.4, -0.2) is 67.1 Å². The van der Waals surface area contributed by atoms with Gasteiger partial charge in [-0.1, -0.05) is 0 Å². The predicted molar refractivity (Wildman–Crippen MR) is 113 cm³/mol. The van der Waals surface area contributed by atoms with Crippen LogP contribution in [0, 0.1) is 0 Å². The molecule has 2 heterocycles. The van der Waals surface area contributed by atoms with Crippen LogP contribution in [0.15, 0.2) is 16.3 Å². The van der Waals surface area contributed by atoms with Gasteiger partial charge in [-0.05, 0) is 19.1 Å². The lowest BCUT2D eigenvalue weighted by atomic mass is 10.2. The normalized spacial score (nSPS) is 13.2. The van der Waals surface area contributed by atoms with Gasteiger partial charge >= 0.3 is 0 Å². The van der Waals surface area contributed by atoms with Crippen LogP contribution in [0.1, 0.15) is 17.8 Å². The molecule has 2 rings (SSSR count). The first-order chi connectivity index (χ1) is 12.4. The van der Waals surface area contributed by atoms with E-state index in [2.05, 4.69) is 11.8 Å². The highest BCUT2D eigenvalue weighted by atomic mass is 35.5. The molecule has 1 unspecified atom stereocenters. The van der Waals surface area contributed by atoms with Crippen molar-refractivity contribution in [1.82, 2.24) is 4.90 Å². The molecular formula is C16H27ClN2O5S3. The number of thiophene rings is 2. The summed E-state index contributed by atoms with van der Waals surface area (Å²) in [4.78, 5) is 3.48. The third-order valence-corrected chi connectivity index (χ3v) is 7.97. The molecule has 0 aromatic carbocycles. The second-order valence-corrected chi connectivity index (χ2v) is 9.99. The maximum absolute atomic E-state index is 11.5. The summed E-state index contributed by atoms with van der Waals surface area (Å²) in [5.74, 6) is 0. The van der Waals surface area contributed by atoms with E-state index in [1.165, 1.54) is 16.2 Å². The van der Waals surface area contributed by atoms with Crippen molar-refractivity contribution < 1.29 is 22.6 Å². The first-order valence-corrected chi connectivity index (χ1v) is 11.4. The minimum absolute atomic E-state index is 0. The molecule has 0 saturated carbocycles. The highest BCUT2D eigenvalue weighted by Crippen LogP contribution is 2.38. The lowest BCUT2D eigenvalue weighted by Crippen LogP contribution is -2.33. The Bertz CT molecular complexity index is 762. The van der Waals surface area contributed by atoms with Crippen molar-refractivity contribution in [3.05, 3.63) is 17.0 Å². The quantitative estimate of drug-likeness (QED) is 0.492. The number of nitrogens with two attached hydrogens (primary N) is 1. The molecule has 0 aliphatic heterocycles.